The third-order valence-electron chi connectivity index (χ3n) is 2.31. The van der Waals surface area contributed by atoms with Crippen LogP contribution in [0.25, 0.3) is 0 Å². The Labute approximate surface area is 96.2 Å². The van der Waals surface area contributed by atoms with Gasteiger partial charge in [0.1, 0.15) is 0 Å². The lowest BCUT2D eigenvalue weighted by atomic mass is 10.0. The summed E-state index contributed by atoms with van der Waals surface area (Å²) in [7, 11) is 0. The molecule has 0 aromatic carbocycles. The summed E-state index contributed by atoms with van der Waals surface area (Å²) >= 11 is 0. The van der Waals surface area contributed by atoms with Gasteiger partial charge in [-0.3, -0.25) is 9.59 Å². The molecule has 1 atom stereocenters. The molecule has 0 aliphatic carbocycles. The molecule has 0 aliphatic heterocycles. The Bertz CT molecular complexity index is 218. The van der Waals surface area contributed by atoms with Crippen molar-refractivity contribution in [2.75, 3.05) is 19.8 Å². The molecule has 1 amide bonds. The first-order valence-electron chi connectivity index (χ1n) is 5.66. The van der Waals surface area contributed by atoms with Gasteiger partial charge in [-0.2, -0.15) is 0 Å². The van der Waals surface area contributed by atoms with E-state index in [0.717, 1.165) is 6.42 Å². The first-order chi connectivity index (χ1) is 7.60. The molecule has 0 fully saturated rings. The molecule has 16 heavy (non-hydrogen) atoms. The standard InChI is InChI=1S/C11H21NO4/c1-3-9(7-11(14)15)8-12-10(13)5-6-16-4-2/h9H,3-8H2,1-2H3,(H,12,13)(H,14,15). The summed E-state index contributed by atoms with van der Waals surface area (Å²) in [5.74, 6) is -0.902. The third kappa shape index (κ3) is 8.23. The smallest absolute Gasteiger partial charge is 0.303 e. The van der Waals surface area contributed by atoms with Crippen molar-refractivity contribution >= 4 is 11.9 Å². The van der Waals surface area contributed by atoms with E-state index in [1.54, 1.807) is 0 Å². The lowest BCUT2D eigenvalue weighted by molar-refractivity contribution is -0.138. The highest BCUT2D eigenvalue weighted by Gasteiger charge is 2.12. The highest BCUT2D eigenvalue weighted by molar-refractivity contribution is 5.76. The lowest BCUT2D eigenvalue weighted by Gasteiger charge is -2.13. The summed E-state index contributed by atoms with van der Waals surface area (Å²) in [5.41, 5.74) is 0. The lowest BCUT2D eigenvalue weighted by Crippen LogP contribution is -2.30. The Morgan fingerprint density at radius 1 is 1.38 bits per heavy atom. The number of nitrogens with one attached hydrogen (secondary N) is 1. The van der Waals surface area contributed by atoms with Crippen LogP contribution in [0.15, 0.2) is 0 Å². The quantitative estimate of drug-likeness (QED) is 0.581. The van der Waals surface area contributed by atoms with Crippen LogP contribution >= 0.6 is 0 Å². The van der Waals surface area contributed by atoms with Gasteiger partial charge in [0, 0.05) is 26.0 Å². The fraction of sp³-hybridized carbons (Fsp3) is 0.818. The Morgan fingerprint density at radius 3 is 2.56 bits per heavy atom. The molecular formula is C11H21NO4. The van der Waals surface area contributed by atoms with E-state index in [1.165, 1.54) is 0 Å². The van der Waals surface area contributed by atoms with Crippen molar-refractivity contribution < 1.29 is 19.4 Å². The first kappa shape index (κ1) is 14.9. The molecule has 0 aromatic rings. The molecular weight excluding hydrogens is 210 g/mol. The monoisotopic (exact) mass is 231 g/mol. The maximum absolute atomic E-state index is 11.3. The molecule has 5 heteroatoms. The van der Waals surface area contributed by atoms with Crippen molar-refractivity contribution in [2.24, 2.45) is 5.92 Å². The number of ether oxygens (including phenoxy) is 1. The van der Waals surface area contributed by atoms with Crippen molar-refractivity contribution in [1.29, 1.82) is 0 Å². The molecule has 94 valence electrons. The second-order valence-corrected chi connectivity index (χ2v) is 3.62. The zero-order chi connectivity index (χ0) is 12.4. The largest absolute Gasteiger partial charge is 0.481 e. The molecule has 0 aliphatic rings. The van der Waals surface area contributed by atoms with Crippen LogP contribution in [-0.4, -0.2) is 36.7 Å². The van der Waals surface area contributed by atoms with E-state index in [2.05, 4.69) is 5.32 Å². The summed E-state index contributed by atoms with van der Waals surface area (Å²) in [6.07, 6.45) is 1.18. The van der Waals surface area contributed by atoms with Gasteiger partial charge in [0.25, 0.3) is 0 Å². The molecule has 0 saturated carbocycles. The number of hydrogen-bond acceptors (Lipinski definition) is 3. The fourth-order valence-corrected chi connectivity index (χ4v) is 1.26. The third-order valence-corrected chi connectivity index (χ3v) is 2.31. The minimum absolute atomic E-state index is 0.00791. The minimum Gasteiger partial charge on any atom is -0.481 e. The highest BCUT2D eigenvalue weighted by Crippen LogP contribution is 2.06. The second-order valence-electron chi connectivity index (χ2n) is 3.62. The number of carbonyl (C=O) groups is 2. The maximum Gasteiger partial charge on any atom is 0.303 e. The Morgan fingerprint density at radius 2 is 2.06 bits per heavy atom. The zero-order valence-corrected chi connectivity index (χ0v) is 9.99. The zero-order valence-electron chi connectivity index (χ0n) is 9.99. The number of amides is 1. The summed E-state index contributed by atoms with van der Waals surface area (Å²) in [6, 6.07) is 0. The van der Waals surface area contributed by atoms with E-state index in [-0.39, 0.29) is 18.2 Å². The van der Waals surface area contributed by atoms with Gasteiger partial charge in [-0.15, -0.1) is 0 Å². The molecule has 0 rings (SSSR count). The van der Waals surface area contributed by atoms with Crippen molar-refractivity contribution in [2.45, 2.75) is 33.1 Å². The molecule has 0 saturated heterocycles. The normalized spacial score (nSPS) is 12.1. The average molecular weight is 231 g/mol. The molecule has 5 nitrogen and oxygen atoms in total. The molecule has 0 spiro atoms. The number of carbonyl (C=O) groups excluding carboxylic acids is 1. The minimum atomic E-state index is -0.824. The number of rotatable bonds is 9. The van der Waals surface area contributed by atoms with Gasteiger partial charge in [0.15, 0.2) is 0 Å². The summed E-state index contributed by atoms with van der Waals surface area (Å²) in [4.78, 5) is 21.8. The summed E-state index contributed by atoms with van der Waals surface area (Å²) in [6.45, 7) is 5.23. The van der Waals surface area contributed by atoms with Gasteiger partial charge in [0.2, 0.25) is 5.91 Å². The topological polar surface area (TPSA) is 75.6 Å². The van der Waals surface area contributed by atoms with Crippen LogP contribution in [0.4, 0.5) is 0 Å². The molecule has 0 aromatic heterocycles. The Balaban J connectivity index is 3.66. The van der Waals surface area contributed by atoms with E-state index < -0.39 is 5.97 Å². The first-order valence-corrected chi connectivity index (χ1v) is 5.66. The van der Waals surface area contributed by atoms with Gasteiger partial charge in [-0.25, -0.2) is 0 Å². The van der Waals surface area contributed by atoms with Crippen LogP contribution < -0.4 is 5.32 Å². The number of carboxylic acids is 1. The molecule has 0 heterocycles. The van der Waals surface area contributed by atoms with Gasteiger partial charge >= 0.3 is 5.97 Å². The maximum atomic E-state index is 11.3. The molecule has 1 unspecified atom stereocenters. The van der Waals surface area contributed by atoms with Gasteiger partial charge in [-0.1, -0.05) is 13.3 Å². The Hall–Kier alpha value is -1.10. The van der Waals surface area contributed by atoms with Crippen molar-refractivity contribution in [3.05, 3.63) is 0 Å². The van der Waals surface area contributed by atoms with Crippen molar-refractivity contribution in [3.63, 3.8) is 0 Å². The summed E-state index contributed by atoms with van der Waals surface area (Å²) < 4.78 is 5.05. The van der Waals surface area contributed by atoms with E-state index in [9.17, 15) is 9.59 Å². The predicted octanol–water partition coefficient (Wildman–Crippen LogP) is 1.03. The van der Waals surface area contributed by atoms with E-state index in [4.69, 9.17) is 9.84 Å². The van der Waals surface area contributed by atoms with Crippen molar-refractivity contribution in [1.82, 2.24) is 5.32 Å². The van der Waals surface area contributed by atoms with Gasteiger partial charge in [-0.05, 0) is 12.8 Å². The molecule has 0 radical (unpaired) electrons. The van der Waals surface area contributed by atoms with Crippen LogP contribution in [0.2, 0.25) is 0 Å². The number of carboxylic acid groups (broad SMARTS) is 1. The predicted molar refractivity (Wildman–Crippen MR) is 60.2 cm³/mol. The second kappa shape index (κ2) is 9.15. The van der Waals surface area contributed by atoms with E-state index >= 15 is 0 Å². The van der Waals surface area contributed by atoms with Crippen LogP contribution in [0.5, 0.6) is 0 Å². The van der Waals surface area contributed by atoms with Gasteiger partial charge < -0.3 is 15.2 Å². The SMILES string of the molecule is CCOCCC(=O)NCC(CC)CC(=O)O. The van der Waals surface area contributed by atoms with E-state index in [0.29, 0.717) is 26.2 Å². The van der Waals surface area contributed by atoms with Crippen LogP contribution in [0, 0.1) is 5.92 Å². The van der Waals surface area contributed by atoms with Gasteiger partial charge in [0.05, 0.1) is 6.61 Å². The number of hydrogen-bond donors (Lipinski definition) is 2. The van der Waals surface area contributed by atoms with Crippen LogP contribution in [0.1, 0.15) is 33.1 Å². The molecule has 2 N–H and O–H groups in total. The van der Waals surface area contributed by atoms with Crippen LogP contribution in [0.3, 0.4) is 0 Å². The van der Waals surface area contributed by atoms with E-state index in [1.807, 2.05) is 13.8 Å². The summed E-state index contributed by atoms with van der Waals surface area (Å²) in [5, 5.41) is 11.3. The average Bonchev–Trinajstić information content (AvgIpc) is 2.24. The van der Waals surface area contributed by atoms with Crippen LogP contribution in [-0.2, 0) is 14.3 Å². The Kier molecular flexibility index (Phi) is 8.52. The fourth-order valence-electron chi connectivity index (χ4n) is 1.26. The molecule has 0 bridgehead atoms. The number of aliphatic carboxylic acids is 1. The highest BCUT2D eigenvalue weighted by atomic mass is 16.5. The van der Waals surface area contributed by atoms with Crippen molar-refractivity contribution in [3.8, 4) is 0 Å².